The van der Waals surface area contributed by atoms with Crippen LogP contribution >= 0.6 is 0 Å². The van der Waals surface area contributed by atoms with Gasteiger partial charge >= 0.3 is 30.5 Å². The average molecular weight is 821 g/mol. The molecular formula is C34H28F12N2O6S. The molecular weight excluding hydrogens is 792 g/mol. The summed E-state index contributed by atoms with van der Waals surface area (Å²) in [5, 5.41) is 9.35. The largest absolute Gasteiger partial charge is 0.481 e. The molecule has 5 rings (SSSR count). The van der Waals surface area contributed by atoms with Gasteiger partial charge in [-0.3, -0.25) is 4.79 Å². The number of carbonyl (C=O) groups excluding carboxylic acids is 1. The van der Waals surface area contributed by atoms with Crippen molar-refractivity contribution in [3.05, 3.63) is 101 Å². The molecule has 300 valence electrons. The molecule has 0 spiro atoms. The number of carbonyl (C=O) groups is 2. The molecule has 2 heterocycles. The van der Waals surface area contributed by atoms with E-state index in [2.05, 4.69) is 4.74 Å². The molecule has 8 nitrogen and oxygen atoms in total. The van der Waals surface area contributed by atoms with Crippen LogP contribution in [0.4, 0.5) is 57.5 Å². The molecule has 1 atom stereocenters. The van der Waals surface area contributed by atoms with Crippen LogP contribution in [0, 0.1) is 22.9 Å². The lowest BCUT2D eigenvalue weighted by Crippen LogP contribution is -2.56. The van der Waals surface area contributed by atoms with Gasteiger partial charge in [0.05, 0.1) is 11.5 Å². The molecule has 3 aromatic rings. The summed E-state index contributed by atoms with van der Waals surface area (Å²) >= 11 is 0. The van der Waals surface area contributed by atoms with Crippen molar-refractivity contribution in [3.8, 4) is 0 Å². The number of sulfone groups is 1. The molecule has 2 amide bonds. The van der Waals surface area contributed by atoms with E-state index in [0.29, 0.717) is 24.3 Å². The second-order valence-electron chi connectivity index (χ2n) is 13.0. The molecule has 2 fully saturated rings. The lowest BCUT2D eigenvalue weighted by atomic mass is 9.77. The topological polar surface area (TPSA) is 104 Å². The molecule has 0 aromatic heterocycles. The zero-order chi connectivity index (χ0) is 41.0. The lowest BCUT2D eigenvalue weighted by molar-refractivity contribution is -0.392. The van der Waals surface area contributed by atoms with Crippen molar-refractivity contribution in [2.24, 2.45) is 5.41 Å². The number of nitrogens with zero attached hydrogens (tertiary/aromatic N) is 2. The first-order valence-electron chi connectivity index (χ1n) is 16.0. The minimum atomic E-state index is -6.33. The number of benzene rings is 3. The number of amides is 2. The third kappa shape index (κ3) is 6.97. The predicted molar refractivity (Wildman–Crippen MR) is 165 cm³/mol. The molecule has 0 radical (unpaired) electrons. The number of piperidine rings is 1. The van der Waals surface area contributed by atoms with Gasteiger partial charge in [0, 0.05) is 37.3 Å². The molecule has 0 aliphatic carbocycles. The first-order chi connectivity index (χ1) is 25.3. The lowest BCUT2D eigenvalue weighted by Gasteiger charge is -2.41. The Morgan fingerprint density at radius 1 is 0.727 bits per heavy atom. The van der Waals surface area contributed by atoms with E-state index < -0.39 is 147 Å². The van der Waals surface area contributed by atoms with E-state index >= 15 is 0 Å². The average Bonchev–Trinajstić information content (AvgIpc) is 3.55. The van der Waals surface area contributed by atoms with Crippen molar-refractivity contribution < 1.29 is 80.5 Å². The standard InChI is InChI=1S/C34H28F12N2O6S/c35-22-8-10-23(11-9-22)55(52,53)30(14-17-48(19-30)28(51)47-15-12-29(13-16-47,27(49)50)32(38,39)40)20-4-6-21(7-5-20)31(33(41,42)43,34(44,45)46)54-18-24-25(36)2-1-3-26(24)37/h1-11H,12-19H2,(H,49,50)/t30-/m0/s1. The fourth-order valence-electron chi connectivity index (χ4n) is 6.89. The molecule has 21 heteroatoms. The molecule has 2 aliphatic heterocycles. The van der Waals surface area contributed by atoms with Gasteiger partial charge in [-0.1, -0.05) is 30.3 Å². The molecule has 2 aliphatic rings. The third-order valence-electron chi connectivity index (χ3n) is 10.1. The Kier molecular flexibility index (Phi) is 10.7. The fourth-order valence-corrected chi connectivity index (χ4v) is 8.97. The van der Waals surface area contributed by atoms with Gasteiger partial charge in [-0.25, -0.2) is 26.4 Å². The van der Waals surface area contributed by atoms with Gasteiger partial charge in [0.1, 0.15) is 22.2 Å². The maximum atomic E-state index is 14.6. The number of aliphatic carboxylic acids is 1. The molecule has 2 saturated heterocycles. The quantitative estimate of drug-likeness (QED) is 0.184. The number of ether oxygens (including phenoxy) is 1. The fraction of sp³-hybridized carbons (Fsp3) is 0.412. The highest BCUT2D eigenvalue weighted by molar-refractivity contribution is 7.92. The van der Waals surface area contributed by atoms with Crippen LogP contribution in [0.2, 0.25) is 0 Å². The van der Waals surface area contributed by atoms with Crippen molar-refractivity contribution in [1.29, 1.82) is 0 Å². The van der Waals surface area contributed by atoms with Gasteiger partial charge in [0.25, 0.3) is 5.60 Å². The predicted octanol–water partition coefficient (Wildman–Crippen LogP) is 7.86. The van der Waals surface area contributed by atoms with Crippen LogP contribution in [-0.2, 0) is 36.3 Å². The van der Waals surface area contributed by atoms with Crippen LogP contribution in [0.25, 0.3) is 0 Å². The van der Waals surface area contributed by atoms with E-state index in [4.69, 9.17) is 0 Å². The summed E-state index contributed by atoms with van der Waals surface area (Å²) in [7, 11) is -4.84. The third-order valence-corrected chi connectivity index (χ3v) is 12.6. The van der Waals surface area contributed by atoms with Crippen molar-refractivity contribution in [3.63, 3.8) is 0 Å². The van der Waals surface area contributed by atoms with Gasteiger partial charge in [-0.05, 0) is 61.2 Å². The van der Waals surface area contributed by atoms with Crippen molar-refractivity contribution in [1.82, 2.24) is 9.80 Å². The Bertz CT molecular complexity index is 1990. The number of hydrogen-bond donors (Lipinski definition) is 1. The minimum Gasteiger partial charge on any atom is -0.481 e. The number of halogens is 12. The molecule has 55 heavy (non-hydrogen) atoms. The SMILES string of the molecule is O=C(N1CCC(C(=O)O)(C(F)(F)F)CC1)N1CC[C@](c2ccc(C(OCc3c(F)cccc3F)(C(F)(F)F)C(F)(F)F)cc2)(S(=O)(=O)c2ccc(F)cc2)C1. The zero-order valence-electron chi connectivity index (χ0n) is 27.8. The number of likely N-dealkylation sites (tertiary alicyclic amines) is 2. The number of hydrogen-bond acceptors (Lipinski definition) is 5. The maximum Gasteiger partial charge on any atom is 0.430 e. The number of urea groups is 1. The van der Waals surface area contributed by atoms with Gasteiger partial charge < -0.3 is 19.6 Å². The van der Waals surface area contributed by atoms with E-state index in [1.165, 1.54) is 0 Å². The van der Waals surface area contributed by atoms with E-state index in [1.54, 1.807) is 0 Å². The first kappa shape index (κ1) is 41.6. The Balaban J connectivity index is 1.55. The van der Waals surface area contributed by atoms with Crippen molar-refractivity contribution in [2.75, 3.05) is 26.2 Å². The van der Waals surface area contributed by atoms with Crippen LogP contribution in [0.3, 0.4) is 0 Å². The summed E-state index contributed by atoms with van der Waals surface area (Å²) in [5.74, 6) is -6.06. The Morgan fingerprint density at radius 2 is 1.24 bits per heavy atom. The van der Waals surface area contributed by atoms with Gasteiger partial charge in [-0.15, -0.1) is 0 Å². The maximum absolute atomic E-state index is 14.6. The monoisotopic (exact) mass is 820 g/mol. The normalized spacial score (nSPS) is 19.8. The van der Waals surface area contributed by atoms with Gasteiger partial charge in [-0.2, -0.15) is 39.5 Å². The number of carboxylic acid groups (broad SMARTS) is 1. The molecule has 3 aromatic carbocycles. The number of rotatable bonds is 8. The Hall–Kier alpha value is -4.53. The summed E-state index contributed by atoms with van der Waals surface area (Å²) in [4.78, 5) is 26.3. The van der Waals surface area contributed by atoms with Crippen LogP contribution in [0.5, 0.6) is 0 Å². The summed E-state index contributed by atoms with van der Waals surface area (Å²) < 4.78 is 201. The Morgan fingerprint density at radius 3 is 1.71 bits per heavy atom. The molecule has 1 N–H and O–H groups in total. The van der Waals surface area contributed by atoms with Crippen molar-refractivity contribution in [2.45, 2.75) is 59.6 Å². The zero-order valence-corrected chi connectivity index (χ0v) is 28.7. The molecule has 0 bridgehead atoms. The summed E-state index contributed by atoms with van der Waals surface area (Å²) in [6.45, 7) is -4.61. The minimum absolute atomic E-state index is 0.244. The van der Waals surface area contributed by atoms with E-state index in [9.17, 15) is 75.8 Å². The van der Waals surface area contributed by atoms with E-state index in [0.717, 1.165) is 40.1 Å². The van der Waals surface area contributed by atoms with E-state index in [-0.39, 0.29) is 12.1 Å². The summed E-state index contributed by atoms with van der Waals surface area (Å²) in [5.41, 5.74) is -11.8. The number of alkyl halides is 9. The van der Waals surface area contributed by atoms with Crippen LogP contribution < -0.4 is 0 Å². The smallest absolute Gasteiger partial charge is 0.430 e. The highest BCUT2D eigenvalue weighted by Gasteiger charge is 2.73. The number of carboxylic acids is 1. The van der Waals surface area contributed by atoms with Crippen LogP contribution in [0.1, 0.15) is 36.0 Å². The highest BCUT2D eigenvalue weighted by atomic mass is 32.2. The van der Waals surface area contributed by atoms with Gasteiger partial charge in [0.15, 0.2) is 15.3 Å². The first-order valence-corrected chi connectivity index (χ1v) is 17.5. The van der Waals surface area contributed by atoms with E-state index in [1.807, 2.05) is 0 Å². The highest BCUT2D eigenvalue weighted by Crippen LogP contribution is 2.54. The van der Waals surface area contributed by atoms with Crippen LogP contribution in [-0.4, -0.2) is 80.0 Å². The van der Waals surface area contributed by atoms with Crippen molar-refractivity contribution >= 4 is 21.8 Å². The second-order valence-corrected chi connectivity index (χ2v) is 15.3. The summed E-state index contributed by atoms with van der Waals surface area (Å²) in [6.07, 6.45) is -20.5. The van der Waals surface area contributed by atoms with Crippen LogP contribution in [0.15, 0.2) is 71.6 Å². The summed E-state index contributed by atoms with van der Waals surface area (Å²) in [6, 6.07) is 5.76. The molecule has 0 saturated carbocycles. The molecule has 0 unspecified atom stereocenters. The second kappa shape index (κ2) is 14.2. The van der Waals surface area contributed by atoms with Gasteiger partial charge in [0.2, 0.25) is 0 Å². The Labute approximate surface area is 304 Å².